The number of hydrogen-bond donors (Lipinski definition) is 3. The molecule has 1 saturated heterocycles. The number of ketones is 1. The number of phenols is 1. The van der Waals surface area contributed by atoms with Crippen molar-refractivity contribution in [2.75, 3.05) is 6.61 Å². The van der Waals surface area contributed by atoms with E-state index in [4.69, 9.17) is 9.15 Å². The first-order valence-corrected chi connectivity index (χ1v) is 8.54. The molecule has 1 aromatic carbocycles. The lowest BCUT2D eigenvalue weighted by Gasteiger charge is -2.33. The fourth-order valence-corrected chi connectivity index (χ4v) is 3.47. The average molecular weight is 362 g/mol. The molecular weight excluding hydrogens is 340 g/mol. The molecule has 7 nitrogen and oxygen atoms in total. The predicted octanol–water partition coefficient (Wildman–Crippen LogP) is 1.51. The van der Waals surface area contributed by atoms with Gasteiger partial charge in [-0.25, -0.2) is 0 Å². The van der Waals surface area contributed by atoms with Gasteiger partial charge in [0.05, 0.1) is 36.2 Å². The van der Waals surface area contributed by atoms with Crippen molar-refractivity contribution < 1.29 is 29.3 Å². The van der Waals surface area contributed by atoms with Crippen LogP contribution in [-0.2, 0) is 16.0 Å². The molecule has 1 aliphatic heterocycles. The molecule has 3 rings (SSSR count). The number of aliphatic hydroxyl groups excluding tert-OH is 2. The van der Waals surface area contributed by atoms with Gasteiger partial charge >= 0.3 is 0 Å². The smallest absolute Gasteiger partial charge is 0.193 e. The molecule has 0 amide bonds. The Balaban J connectivity index is 2.19. The number of carbonyl (C=O) groups excluding carboxylic acids is 1. The monoisotopic (exact) mass is 362 g/mol. The fourth-order valence-electron chi connectivity index (χ4n) is 3.47. The minimum Gasteiger partial charge on any atom is -0.507 e. The van der Waals surface area contributed by atoms with Gasteiger partial charge in [-0.05, 0) is 38.3 Å². The van der Waals surface area contributed by atoms with Gasteiger partial charge in [0.1, 0.15) is 29.0 Å². The summed E-state index contributed by atoms with van der Waals surface area (Å²) < 4.78 is 11.5. The minimum atomic E-state index is -0.796. The summed E-state index contributed by atoms with van der Waals surface area (Å²) >= 11 is 0. The number of hydrogen-bond acceptors (Lipinski definition) is 7. The Labute approximate surface area is 149 Å². The minimum absolute atomic E-state index is 0.0250. The predicted molar refractivity (Wildman–Crippen MR) is 93.2 cm³/mol. The van der Waals surface area contributed by atoms with Gasteiger partial charge in [-0.15, -0.1) is 0 Å². The van der Waals surface area contributed by atoms with Crippen molar-refractivity contribution in [1.82, 2.24) is 0 Å². The summed E-state index contributed by atoms with van der Waals surface area (Å²) in [5.41, 5.74) is 0.748. The average Bonchev–Trinajstić information content (AvgIpc) is 2.54. The third kappa shape index (κ3) is 3.38. The van der Waals surface area contributed by atoms with E-state index >= 15 is 0 Å². The summed E-state index contributed by atoms with van der Waals surface area (Å²) in [6.07, 6.45) is -1.48. The maximum Gasteiger partial charge on any atom is 0.193 e. The third-order valence-electron chi connectivity index (χ3n) is 4.68. The van der Waals surface area contributed by atoms with Gasteiger partial charge in [0.25, 0.3) is 0 Å². The molecule has 1 aromatic heterocycles. The van der Waals surface area contributed by atoms with E-state index in [9.17, 15) is 24.9 Å². The van der Waals surface area contributed by atoms with Crippen LogP contribution in [0.4, 0.5) is 0 Å². The van der Waals surface area contributed by atoms with Gasteiger partial charge in [-0.1, -0.05) is 0 Å². The Kier molecular flexibility index (Phi) is 5.13. The highest BCUT2D eigenvalue weighted by atomic mass is 16.5. The van der Waals surface area contributed by atoms with Crippen LogP contribution in [0.2, 0.25) is 0 Å². The van der Waals surface area contributed by atoms with Gasteiger partial charge < -0.3 is 24.5 Å². The zero-order valence-electron chi connectivity index (χ0n) is 14.7. The number of carbonyl (C=O) groups is 1. The molecule has 2 aromatic rings. The lowest BCUT2D eigenvalue weighted by Crippen LogP contribution is -2.38. The van der Waals surface area contributed by atoms with E-state index < -0.39 is 18.3 Å². The molecule has 0 spiro atoms. The van der Waals surface area contributed by atoms with Crippen molar-refractivity contribution in [3.8, 4) is 5.75 Å². The van der Waals surface area contributed by atoms with Crippen LogP contribution >= 0.6 is 0 Å². The summed E-state index contributed by atoms with van der Waals surface area (Å²) in [4.78, 5) is 24.0. The van der Waals surface area contributed by atoms with Gasteiger partial charge in [0.15, 0.2) is 5.43 Å². The molecule has 26 heavy (non-hydrogen) atoms. The quantitative estimate of drug-likeness (QED) is 0.755. The zero-order valence-corrected chi connectivity index (χ0v) is 14.7. The third-order valence-corrected chi connectivity index (χ3v) is 4.68. The molecule has 3 unspecified atom stereocenters. The van der Waals surface area contributed by atoms with Crippen LogP contribution < -0.4 is 5.43 Å². The molecule has 2 heterocycles. The summed E-state index contributed by atoms with van der Waals surface area (Å²) in [6, 6.07) is 2.77. The molecule has 140 valence electrons. The van der Waals surface area contributed by atoms with Crippen molar-refractivity contribution in [1.29, 1.82) is 0 Å². The summed E-state index contributed by atoms with van der Waals surface area (Å²) in [5.74, 6) is -0.0182. The lowest BCUT2D eigenvalue weighted by atomic mass is 9.93. The molecule has 0 radical (unpaired) electrons. The van der Waals surface area contributed by atoms with E-state index in [1.165, 1.54) is 19.1 Å². The number of fused-ring (bicyclic) bond motifs is 1. The molecule has 0 bridgehead atoms. The van der Waals surface area contributed by atoms with E-state index in [1.54, 1.807) is 6.92 Å². The van der Waals surface area contributed by atoms with E-state index in [0.29, 0.717) is 29.4 Å². The molecular formula is C19H22O7. The standard InChI is InChI=1S/C19H22O7/c1-9-5-13(23)18(15-4-3-12(22)16(8-20)26-15)19-17(9)14(24)7-11(25-19)6-10(2)21/h5,7,12,15-16,20,22-23H,3-4,6,8H2,1-2H3. The number of aryl methyl sites for hydroxylation is 1. The molecule has 7 heteroatoms. The van der Waals surface area contributed by atoms with Crippen LogP contribution in [0.25, 0.3) is 11.0 Å². The summed E-state index contributed by atoms with van der Waals surface area (Å²) in [5, 5.41) is 30.1. The number of rotatable bonds is 4. The van der Waals surface area contributed by atoms with Crippen molar-refractivity contribution in [3.63, 3.8) is 0 Å². The van der Waals surface area contributed by atoms with Crippen molar-refractivity contribution in [2.45, 2.75) is 51.4 Å². The normalized spacial score (nSPS) is 23.3. The Morgan fingerprint density at radius 2 is 2.04 bits per heavy atom. The Bertz CT molecular complexity index is 899. The zero-order chi connectivity index (χ0) is 19.0. The van der Waals surface area contributed by atoms with Gasteiger partial charge in [0, 0.05) is 6.07 Å². The first kappa shape index (κ1) is 18.6. The number of ether oxygens (including phenoxy) is 1. The second-order valence-electron chi connectivity index (χ2n) is 6.78. The van der Waals surface area contributed by atoms with Crippen molar-refractivity contribution >= 4 is 16.8 Å². The molecule has 0 saturated carbocycles. The number of aromatic hydroxyl groups is 1. The van der Waals surface area contributed by atoms with Crippen LogP contribution in [0.15, 0.2) is 21.3 Å². The van der Waals surface area contributed by atoms with Gasteiger partial charge in [0.2, 0.25) is 0 Å². The number of aliphatic hydroxyl groups is 2. The molecule has 3 N–H and O–H groups in total. The van der Waals surface area contributed by atoms with Crippen LogP contribution in [0.5, 0.6) is 5.75 Å². The van der Waals surface area contributed by atoms with Gasteiger partial charge in [-0.3, -0.25) is 9.59 Å². The second kappa shape index (κ2) is 7.19. The van der Waals surface area contributed by atoms with Crippen molar-refractivity contribution in [3.05, 3.63) is 39.2 Å². The fraction of sp³-hybridized carbons (Fsp3) is 0.474. The SMILES string of the molecule is CC(=O)Cc1cc(=O)c2c(C)cc(O)c(C3CCC(O)C(CO)O3)c2o1. The Hall–Kier alpha value is -2.22. The maximum atomic E-state index is 12.5. The van der Waals surface area contributed by atoms with Crippen molar-refractivity contribution in [2.24, 2.45) is 0 Å². The van der Waals surface area contributed by atoms with Crippen LogP contribution in [0, 0.1) is 6.92 Å². The van der Waals surface area contributed by atoms with Crippen LogP contribution in [0.1, 0.15) is 42.8 Å². The molecule has 1 fully saturated rings. The van der Waals surface area contributed by atoms with Crippen LogP contribution in [0.3, 0.4) is 0 Å². The van der Waals surface area contributed by atoms with E-state index in [-0.39, 0.29) is 41.3 Å². The summed E-state index contributed by atoms with van der Waals surface area (Å²) in [6.45, 7) is 2.73. The summed E-state index contributed by atoms with van der Waals surface area (Å²) in [7, 11) is 0. The Morgan fingerprint density at radius 3 is 2.69 bits per heavy atom. The largest absolute Gasteiger partial charge is 0.507 e. The molecule has 3 atom stereocenters. The maximum absolute atomic E-state index is 12.5. The second-order valence-corrected chi connectivity index (χ2v) is 6.78. The topological polar surface area (TPSA) is 117 Å². The number of Topliss-reactive ketones (excluding diaryl/α,β-unsaturated/α-hetero) is 1. The number of phenolic OH excluding ortho intramolecular Hbond substituents is 1. The first-order valence-electron chi connectivity index (χ1n) is 8.54. The lowest BCUT2D eigenvalue weighted by molar-refractivity contribution is -0.135. The first-order chi connectivity index (χ1) is 12.3. The highest BCUT2D eigenvalue weighted by molar-refractivity contribution is 5.86. The number of benzene rings is 1. The van der Waals surface area contributed by atoms with E-state index in [2.05, 4.69) is 0 Å². The molecule has 0 aliphatic carbocycles. The highest BCUT2D eigenvalue weighted by Gasteiger charge is 2.33. The Morgan fingerprint density at radius 1 is 1.31 bits per heavy atom. The highest BCUT2D eigenvalue weighted by Crippen LogP contribution is 2.40. The van der Waals surface area contributed by atoms with Crippen LogP contribution in [-0.4, -0.2) is 39.9 Å². The van der Waals surface area contributed by atoms with E-state index in [1.807, 2.05) is 0 Å². The van der Waals surface area contributed by atoms with Gasteiger partial charge in [-0.2, -0.15) is 0 Å². The van der Waals surface area contributed by atoms with E-state index in [0.717, 1.165) is 0 Å². The molecule has 1 aliphatic rings.